The first-order valence-corrected chi connectivity index (χ1v) is 9.04. The summed E-state index contributed by atoms with van der Waals surface area (Å²) in [4.78, 5) is 31.3. The lowest BCUT2D eigenvalue weighted by atomic mass is 10.1. The summed E-state index contributed by atoms with van der Waals surface area (Å²) in [6.07, 6.45) is 5.43. The van der Waals surface area contributed by atoms with Gasteiger partial charge in [0.1, 0.15) is 17.9 Å². The number of nitrogens with one attached hydrogen (secondary N) is 1. The topological polar surface area (TPSA) is 93.0 Å². The van der Waals surface area contributed by atoms with E-state index < -0.39 is 0 Å². The van der Waals surface area contributed by atoms with Gasteiger partial charge >= 0.3 is 0 Å². The third-order valence-corrected chi connectivity index (χ3v) is 4.66. The van der Waals surface area contributed by atoms with Gasteiger partial charge in [0.05, 0.1) is 17.3 Å². The number of amides is 1. The monoisotopic (exact) mass is 364 g/mol. The van der Waals surface area contributed by atoms with Gasteiger partial charge in [-0.3, -0.25) is 9.59 Å². The predicted molar refractivity (Wildman–Crippen MR) is 103 cm³/mol. The molecule has 27 heavy (non-hydrogen) atoms. The summed E-state index contributed by atoms with van der Waals surface area (Å²) in [5, 5.41) is 10.9. The molecule has 3 heterocycles. The first kappa shape index (κ1) is 17.1. The van der Waals surface area contributed by atoms with Crippen molar-refractivity contribution in [3.63, 3.8) is 0 Å². The summed E-state index contributed by atoms with van der Waals surface area (Å²) in [5.74, 6) is 0.0717. The number of carbonyl (C=O) groups excluding carboxylic acids is 1. The molecule has 0 spiro atoms. The minimum Gasteiger partial charge on any atom is -0.370 e. The van der Waals surface area contributed by atoms with E-state index >= 15 is 0 Å². The number of anilines is 2. The standard InChI is InChI=1S/C19H20N6O2/c26-18(13-25-19(27)15-6-2-3-7-16(15)22-23-25)21-17-9-8-14(12-20-17)24-10-4-1-5-11-24/h2-3,6-9,12H,1,4-5,10-11,13H2,(H,20,21,26). The number of pyridine rings is 1. The highest BCUT2D eigenvalue weighted by Gasteiger charge is 2.13. The fourth-order valence-corrected chi connectivity index (χ4v) is 3.24. The number of benzene rings is 1. The molecule has 138 valence electrons. The number of aromatic nitrogens is 4. The van der Waals surface area contributed by atoms with Gasteiger partial charge in [0.15, 0.2) is 0 Å². The summed E-state index contributed by atoms with van der Waals surface area (Å²) < 4.78 is 1.06. The minimum atomic E-state index is -0.375. The molecule has 4 rings (SSSR count). The Kier molecular flexibility index (Phi) is 4.78. The molecule has 1 aliphatic heterocycles. The van der Waals surface area contributed by atoms with Crippen LogP contribution < -0.4 is 15.8 Å². The zero-order valence-electron chi connectivity index (χ0n) is 14.8. The molecular weight excluding hydrogens is 344 g/mol. The second-order valence-corrected chi connectivity index (χ2v) is 6.57. The van der Waals surface area contributed by atoms with E-state index in [1.54, 1.807) is 36.5 Å². The maximum Gasteiger partial charge on any atom is 0.278 e. The highest BCUT2D eigenvalue weighted by atomic mass is 16.2. The number of rotatable bonds is 4. The molecule has 0 unspecified atom stereocenters. The lowest BCUT2D eigenvalue weighted by molar-refractivity contribution is -0.117. The maximum atomic E-state index is 12.4. The third kappa shape index (κ3) is 3.79. The van der Waals surface area contributed by atoms with E-state index in [1.807, 2.05) is 6.07 Å². The fourth-order valence-electron chi connectivity index (χ4n) is 3.24. The Hall–Kier alpha value is -3.29. The average Bonchev–Trinajstić information content (AvgIpc) is 2.71. The fraction of sp³-hybridized carbons (Fsp3) is 0.316. The number of carbonyl (C=O) groups is 1. The van der Waals surface area contributed by atoms with Crippen molar-refractivity contribution in [1.29, 1.82) is 0 Å². The molecule has 8 nitrogen and oxygen atoms in total. The van der Waals surface area contributed by atoms with Crippen molar-refractivity contribution in [3.05, 3.63) is 52.9 Å². The molecule has 1 amide bonds. The van der Waals surface area contributed by atoms with Gasteiger partial charge in [-0.1, -0.05) is 17.3 Å². The van der Waals surface area contributed by atoms with Gasteiger partial charge in [0, 0.05) is 13.1 Å². The van der Waals surface area contributed by atoms with Gasteiger partial charge in [0.25, 0.3) is 5.56 Å². The molecule has 2 aromatic heterocycles. The van der Waals surface area contributed by atoms with E-state index in [1.165, 1.54) is 19.3 Å². The van der Waals surface area contributed by atoms with Gasteiger partial charge < -0.3 is 10.2 Å². The second-order valence-electron chi connectivity index (χ2n) is 6.57. The molecule has 1 N–H and O–H groups in total. The molecule has 0 aliphatic carbocycles. The Bertz CT molecular complexity index is 1010. The summed E-state index contributed by atoms with van der Waals surface area (Å²) in [7, 11) is 0. The molecule has 0 radical (unpaired) electrons. The maximum absolute atomic E-state index is 12.4. The van der Waals surface area contributed by atoms with E-state index in [4.69, 9.17) is 0 Å². The third-order valence-electron chi connectivity index (χ3n) is 4.66. The van der Waals surface area contributed by atoms with E-state index in [-0.39, 0.29) is 18.0 Å². The van der Waals surface area contributed by atoms with Crippen molar-refractivity contribution in [2.24, 2.45) is 0 Å². The molecule has 3 aromatic rings. The van der Waals surface area contributed by atoms with E-state index in [0.717, 1.165) is 23.5 Å². The number of fused-ring (bicyclic) bond motifs is 1. The van der Waals surface area contributed by atoms with Gasteiger partial charge in [-0.25, -0.2) is 9.67 Å². The van der Waals surface area contributed by atoms with Gasteiger partial charge in [-0.15, -0.1) is 5.10 Å². The average molecular weight is 364 g/mol. The SMILES string of the molecule is O=C(Cn1nnc2ccccc2c1=O)Nc1ccc(N2CCCCC2)cn1. The van der Waals surface area contributed by atoms with Crippen LogP contribution in [0.5, 0.6) is 0 Å². The van der Waals surface area contributed by atoms with Crippen molar-refractivity contribution in [2.45, 2.75) is 25.8 Å². The Labute approximate surface area is 155 Å². The van der Waals surface area contributed by atoms with Crippen molar-refractivity contribution < 1.29 is 4.79 Å². The number of hydrogen-bond acceptors (Lipinski definition) is 6. The molecule has 1 fully saturated rings. The minimum absolute atomic E-state index is 0.216. The molecule has 1 saturated heterocycles. The molecule has 1 aromatic carbocycles. The number of hydrogen-bond donors (Lipinski definition) is 1. The molecule has 0 atom stereocenters. The summed E-state index contributed by atoms with van der Waals surface area (Å²) >= 11 is 0. The summed E-state index contributed by atoms with van der Waals surface area (Å²) in [6.45, 7) is 1.86. The first-order valence-electron chi connectivity index (χ1n) is 9.04. The van der Waals surface area contributed by atoms with Crippen LogP contribution in [0, 0.1) is 0 Å². The van der Waals surface area contributed by atoms with Gasteiger partial charge in [0.2, 0.25) is 5.91 Å². The Morgan fingerprint density at radius 1 is 1.07 bits per heavy atom. The van der Waals surface area contributed by atoms with Crippen LogP contribution >= 0.6 is 0 Å². The lowest BCUT2D eigenvalue weighted by Gasteiger charge is -2.28. The van der Waals surface area contributed by atoms with Gasteiger partial charge in [-0.2, -0.15) is 0 Å². The van der Waals surface area contributed by atoms with Crippen molar-refractivity contribution in [3.8, 4) is 0 Å². The van der Waals surface area contributed by atoms with E-state index in [9.17, 15) is 9.59 Å². The quantitative estimate of drug-likeness (QED) is 0.759. The predicted octanol–water partition coefficient (Wildman–Crippen LogP) is 1.82. The molecular formula is C19H20N6O2. The van der Waals surface area contributed by atoms with Crippen LogP contribution in [0.1, 0.15) is 19.3 Å². The Morgan fingerprint density at radius 2 is 1.89 bits per heavy atom. The zero-order valence-corrected chi connectivity index (χ0v) is 14.8. The smallest absolute Gasteiger partial charge is 0.278 e. The Morgan fingerprint density at radius 3 is 2.67 bits per heavy atom. The lowest BCUT2D eigenvalue weighted by Crippen LogP contribution is -2.31. The van der Waals surface area contributed by atoms with Gasteiger partial charge in [-0.05, 0) is 43.5 Å². The zero-order chi connectivity index (χ0) is 18.6. The molecule has 0 bridgehead atoms. The second kappa shape index (κ2) is 7.53. The first-order chi connectivity index (χ1) is 13.2. The molecule has 0 saturated carbocycles. The highest BCUT2D eigenvalue weighted by molar-refractivity contribution is 5.89. The number of nitrogens with zero attached hydrogens (tertiary/aromatic N) is 5. The largest absolute Gasteiger partial charge is 0.370 e. The highest BCUT2D eigenvalue weighted by Crippen LogP contribution is 2.19. The molecule has 1 aliphatic rings. The number of piperidine rings is 1. The van der Waals surface area contributed by atoms with Crippen LogP contribution in [-0.2, 0) is 11.3 Å². The summed E-state index contributed by atoms with van der Waals surface area (Å²) in [6, 6.07) is 10.6. The van der Waals surface area contributed by atoms with Crippen LogP contribution in [0.4, 0.5) is 11.5 Å². The normalized spacial score (nSPS) is 14.3. The van der Waals surface area contributed by atoms with Crippen LogP contribution in [-0.4, -0.2) is 39.0 Å². The van der Waals surface area contributed by atoms with Crippen LogP contribution in [0.15, 0.2) is 47.4 Å². The van der Waals surface area contributed by atoms with E-state index in [2.05, 4.69) is 25.5 Å². The van der Waals surface area contributed by atoms with E-state index in [0.29, 0.717) is 16.7 Å². The van der Waals surface area contributed by atoms with Crippen molar-refractivity contribution >= 4 is 28.3 Å². The van der Waals surface area contributed by atoms with Crippen LogP contribution in [0.2, 0.25) is 0 Å². The molecule has 8 heteroatoms. The van der Waals surface area contributed by atoms with Crippen molar-refractivity contribution in [2.75, 3.05) is 23.3 Å². The van der Waals surface area contributed by atoms with Crippen LogP contribution in [0.25, 0.3) is 10.9 Å². The summed E-state index contributed by atoms with van der Waals surface area (Å²) in [5.41, 5.74) is 1.22. The van der Waals surface area contributed by atoms with Crippen molar-refractivity contribution in [1.82, 2.24) is 20.0 Å². The Balaban J connectivity index is 1.43. The van der Waals surface area contributed by atoms with Crippen LogP contribution in [0.3, 0.4) is 0 Å².